The van der Waals surface area contributed by atoms with Gasteiger partial charge >= 0.3 is 5.97 Å². The van der Waals surface area contributed by atoms with Gasteiger partial charge in [-0.2, -0.15) is 0 Å². The van der Waals surface area contributed by atoms with Crippen LogP contribution in [0.2, 0.25) is 0 Å². The molecule has 3 N–H and O–H groups in total. The molecule has 6 nitrogen and oxygen atoms in total. The minimum Gasteiger partial charge on any atom is -0.481 e. The average Bonchev–Trinajstić information content (AvgIpc) is 3.11. The zero-order chi connectivity index (χ0) is 15.4. The number of carboxylic acid groups (broad SMARTS) is 1. The van der Waals surface area contributed by atoms with E-state index in [0.29, 0.717) is 4.88 Å². The Morgan fingerprint density at radius 1 is 1.38 bits per heavy atom. The van der Waals surface area contributed by atoms with E-state index < -0.39 is 12.0 Å². The number of carbonyl (C=O) groups excluding carboxylic acids is 2. The predicted molar refractivity (Wildman–Crippen MR) is 78.2 cm³/mol. The summed E-state index contributed by atoms with van der Waals surface area (Å²) in [4.78, 5) is 35.3. The molecule has 2 rings (SSSR count). The fourth-order valence-electron chi connectivity index (χ4n) is 2.07. The largest absolute Gasteiger partial charge is 0.481 e. The van der Waals surface area contributed by atoms with Gasteiger partial charge in [-0.05, 0) is 37.1 Å². The maximum absolute atomic E-state index is 12.1. The third-order valence-corrected chi connectivity index (χ3v) is 4.27. The Hall–Kier alpha value is -1.89. The summed E-state index contributed by atoms with van der Waals surface area (Å²) in [6, 6.07) is 2.40. The van der Waals surface area contributed by atoms with Crippen molar-refractivity contribution >= 4 is 29.1 Å². The summed E-state index contributed by atoms with van der Waals surface area (Å²) in [5.41, 5.74) is 0. The van der Waals surface area contributed by atoms with E-state index in [2.05, 4.69) is 10.6 Å². The monoisotopic (exact) mass is 310 g/mol. The molecule has 0 aliphatic heterocycles. The Bertz CT molecular complexity index is 525. The standard InChI is InChI=1S/C14H18N2O4S/c1-8(15-14(20)11-3-2-6-21-11)13(19)16-10(7-12(17)18)9-4-5-9/h2-3,6,8-10H,4-5,7H2,1H3,(H,15,20)(H,16,19)(H,17,18). The third kappa shape index (κ3) is 4.56. The highest BCUT2D eigenvalue weighted by atomic mass is 32.1. The van der Waals surface area contributed by atoms with Gasteiger partial charge in [0.1, 0.15) is 6.04 Å². The number of nitrogens with one attached hydrogen (secondary N) is 2. The summed E-state index contributed by atoms with van der Waals surface area (Å²) in [6.07, 6.45) is 1.80. The molecule has 2 unspecified atom stereocenters. The molecule has 2 amide bonds. The van der Waals surface area contributed by atoms with Crippen molar-refractivity contribution in [2.24, 2.45) is 5.92 Å². The van der Waals surface area contributed by atoms with Crippen LogP contribution in [0.15, 0.2) is 17.5 Å². The van der Waals surface area contributed by atoms with Gasteiger partial charge < -0.3 is 15.7 Å². The van der Waals surface area contributed by atoms with Crippen LogP contribution in [0.3, 0.4) is 0 Å². The summed E-state index contributed by atoms with van der Waals surface area (Å²) in [7, 11) is 0. The quantitative estimate of drug-likeness (QED) is 0.706. The summed E-state index contributed by atoms with van der Waals surface area (Å²) < 4.78 is 0. The van der Waals surface area contributed by atoms with Crippen molar-refractivity contribution in [3.05, 3.63) is 22.4 Å². The van der Waals surface area contributed by atoms with Crippen molar-refractivity contribution in [2.75, 3.05) is 0 Å². The molecule has 0 saturated heterocycles. The van der Waals surface area contributed by atoms with Crippen molar-refractivity contribution in [1.29, 1.82) is 0 Å². The predicted octanol–water partition coefficient (Wildman–Crippen LogP) is 1.24. The Kier molecular flexibility index (Phi) is 4.95. The Morgan fingerprint density at radius 3 is 2.62 bits per heavy atom. The maximum Gasteiger partial charge on any atom is 0.305 e. The van der Waals surface area contributed by atoms with Crippen LogP contribution in [-0.2, 0) is 9.59 Å². The highest BCUT2D eigenvalue weighted by molar-refractivity contribution is 7.12. The number of hydrogen-bond donors (Lipinski definition) is 3. The Balaban J connectivity index is 1.86. The van der Waals surface area contributed by atoms with Gasteiger partial charge in [-0.1, -0.05) is 6.07 Å². The van der Waals surface area contributed by atoms with Crippen LogP contribution < -0.4 is 10.6 Å². The number of thiophene rings is 1. The molecule has 114 valence electrons. The minimum atomic E-state index is -0.928. The number of aliphatic carboxylic acids is 1. The van der Waals surface area contributed by atoms with E-state index in [0.717, 1.165) is 12.8 Å². The van der Waals surface area contributed by atoms with Gasteiger partial charge in [-0.15, -0.1) is 11.3 Å². The van der Waals surface area contributed by atoms with Crippen molar-refractivity contribution in [3.63, 3.8) is 0 Å². The summed E-state index contributed by atoms with van der Waals surface area (Å²) >= 11 is 1.30. The Labute approximate surface area is 126 Å². The van der Waals surface area contributed by atoms with Crippen LogP contribution in [-0.4, -0.2) is 35.0 Å². The van der Waals surface area contributed by atoms with Crippen LogP contribution in [0.5, 0.6) is 0 Å². The van der Waals surface area contributed by atoms with Crippen LogP contribution in [0, 0.1) is 5.92 Å². The summed E-state index contributed by atoms with van der Waals surface area (Å²) in [5.74, 6) is -1.33. The van der Waals surface area contributed by atoms with E-state index >= 15 is 0 Å². The molecule has 0 spiro atoms. The van der Waals surface area contributed by atoms with Crippen LogP contribution >= 0.6 is 11.3 Å². The van der Waals surface area contributed by atoms with E-state index in [-0.39, 0.29) is 30.2 Å². The minimum absolute atomic E-state index is 0.0814. The SMILES string of the molecule is CC(NC(=O)c1cccs1)C(=O)NC(CC(=O)O)C1CC1. The lowest BCUT2D eigenvalue weighted by atomic mass is 10.1. The fraction of sp³-hybridized carbons (Fsp3) is 0.500. The Morgan fingerprint density at radius 2 is 2.10 bits per heavy atom. The van der Waals surface area contributed by atoms with Gasteiger partial charge in [0.2, 0.25) is 5.91 Å². The number of carboxylic acids is 1. The topological polar surface area (TPSA) is 95.5 Å². The molecule has 1 heterocycles. The molecule has 21 heavy (non-hydrogen) atoms. The fourth-order valence-corrected chi connectivity index (χ4v) is 2.70. The van der Waals surface area contributed by atoms with Crippen molar-refractivity contribution in [3.8, 4) is 0 Å². The van der Waals surface area contributed by atoms with E-state index in [1.165, 1.54) is 11.3 Å². The average molecular weight is 310 g/mol. The number of amides is 2. The first-order valence-corrected chi connectivity index (χ1v) is 7.72. The summed E-state index contributed by atoms with van der Waals surface area (Å²) in [6.45, 7) is 1.59. The first-order chi connectivity index (χ1) is 9.97. The zero-order valence-corrected chi connectivity index (χ0v) is 12.5. The lowest BCUT2D eigenvalue weighted by molar-refractivity contribution is -0.138. The number of rotatable bonds is 7. The van der Waals surface area contributed by atoms with Gasteiger partial charge in [0.05, 0.1) is 11.3 Å². The molecular weight excluding hydrogens is 292 g/mol. The van der Waals surface area contributed by atoms with Gasteiger partial charge in [0.15, 0.2) is 0 Å². The molecule has 1 aromatic rings. The lowest BCUT2D eigenvalue weighted by Crippen LogP contribution is -2.49. The van der Waals surface area contributed by atoms with Gasteiger partial charge in [-0.3, -0.25) is 14.4 Å². The van der Waals surface area contributed by atoms with Crippen molar-refractivity contribution in [2.45, 2.75) is 38.3 Å². The van der Waals surface area contributed by atoms with E-state index in [4.69, 9.17) is 5.11 Å². The second-order valence-electron chi connectivity index (χ2n) is 5.22. The molecular formula is C14H18N2O4S. The second-order valence-corrected chi connectivity index (χ2v) is 6.17. The van der Waals surface area contributed by atoms with Crippen molar-refractivity contribution < 1.29 is 19.5 Å². The first kappa shape index (κ1) is 15.5. The van der Waals surface area contributed by atoms with E-state index in [1.54, 1.807) is 24.4 Å². The molecule has 0 radical (unpaired) electrons. The smallest absolute Gasteiger partial charge is 0.305 e. The van der Waals surface area contributed by atoms with E-state index in [9.17, 15) is 14.4 Å². The molecule has 0 aromatic carbocycles. The van der Waals surface area contributed by atoms with Gasteiger partial charge in [-0.25, -0.2) is 0 Å². The summed E-state index contributed by atoms with van der Waals surface area (Å²) in [5, 5.41) is 16.0. The molecule has 0 bridgehead atoms. The van der Waals surface area contributed by atoms with Gasteiger partial charge in [0, 0.05) is 6.04 Å². The molecule has 1 aliphatic rings. The number of hydrogen-bond acceptors (Lipinski definition) is 4. The molecule has 7 heteroatoms. The lowest BCUT2D eigenvalue weighted by Gasteiger charge is -2.20. The highest BCUT2D eigenvalue weighted by Crippen LogP contribution is 2.34. The highest BCUT2D eigenvalue weighted by Gasteiger charge is 2.34. The second kappa shape index (κ2) is 6.71. The molecule has 1 aliphatic carbocycles. The number of carbonyl (C=O) groups is 3. The maximum atomic E-state index is 12.1. The molecule has 1 aromatic heterocycles. The van der Waals surface area contributed by atoms with Gasteiger partial charge in [0.25, 0.3) is 5.91 Å². The van der Waals surface area contributed by atoms with Crippen molar-refractivity contribution in [1.82, 2.24) is 10.6 Å². The normalized spacial score (nSPS) is 16.8. The third-order valence-electron chi connectivity index (χ3n) is 3.40. The first-order valence-electron chi connectivity index (χ1n) is 6.84. The molecule has 1 fully saturated rings. The van der Waals surface area contributed by atoms with Crippen LogP contribution in [0.1, 0.15) is 35.9 Å². The van der Waals surface area contributed by atoms with Crippen LogP contribution in [0.25, 0.3) is 0 Å². The zero-order valence-electron chi connectivity index (χ0n) is 11.7. The van der Waals surface area contributed by atoms with Crippen LogP contribution in [0.4, 0.5) is 0 Å². The molecule has 2 atom stereocenters. The molecule has 1 saturated carbocycles. The van der Waals surface area contributed by atoms with E-state index in [1.807, 2.05) is 0 Å².